The summed E-state index contributed by atoms with van der Waals surface area (Å²) < 4.78 is 9.66. The van der Waals surface area contributed by atoms with Gasteiger partial charge in [0.05, 0.1) is 25.3 Å². The van der Waals surface area contributed by atoms with Gasteiger partial charge in [-0.3, -0.25) is 4.79 Å². The predicted octanol–water partition coefficient (Wildman–Crippen LogP) is 1.31. The molecule has 1 aromatic carbocycles. The molecule has 1 N–H and O–H groups in total. The van der Waals surface area contributed by atoms with Crippen molar-refractivity contribution < 1.29 is 24.2 Å². The lowest BCUT2D eigenvalue weighted by Gasteiger charge is -2.05. The molecule has 0 saturated carbocycles. The van der Waals surface area contributed by atoms with E-state index in [-0.39, 0.29) is 6.42 Å². The minimum absolute atomic E-state index is 0.248. The lowest BCUT2D eigenvalue weighted by molar-refractivity contribution is -0.135. The van der Waals surface area contributed by atoms with Gasteiger partial charge in [0.15, 0.2) is 0 Å². The average Bonchev–Trinajstić information content (AvgIpc) is 2.37. The van der Waals surface area contributed by atoms with E-state index < -0.39 is 11.9 Å². The summed E-state index contributed by atoms with van der Waals surface area (Å²) in [6.07, 6.45) is -0.248. The fraction of sp³-hybridized carbons (Fsp3) is 0.231. The Hall–Kier alpha value is -2.48. The van der Waals surface area contributed by atoms with E-state index in [2.05, 4.69) is 16.6 Å². The molecule has 0 radical (unpaired) electrons. The molecule has 0 spiro atoms. The average molecular weight is 248 g/mol. The fourth-order valence-corrected chi connectivity index (χ4v) is 1.25. The van der Waals surface area contributed by atoms with E-state index in [0.29, 0.717) is 16.9 Å². The molecule has 0 aromatic heterocycles. The van der Waals surface area contributed by atoms with Gasteiger partial charge in [0.25, 0.3) is 0 Å². The number of benzene rings is 1. The maximum atomic E-state index is 11.3. The second kappa shape index (κ2) is 6.30. The highest BCUT2D eigenvalue weighted by Crippen LogP contribution is 2.19. The van der Waals surface area contributed by atoms with Crippen molar-refractivity contribution in [2.24, 2.45) is 0 Å². The van der Waals surface area contributed by atoms with Crippen LogP contribution in [-0.4, -0.2) is 31.3 Å². The minimum atomic E-state index is -0.993. The molecule has 5 heteroatoms. The van der Waals surface area contributed by atoms with Gasteiger partial charge in [-0.1, -0.05) is 11.8 Å². The molecule has 18 heavy (non-hydrogen) atoms. The summed E-state index contributed by atoms with van der Waals surface area (Å²) in [5.74, 6) is 4.10. The Labute approximate surface area is 104 Å². The number of carbonyl (C=O) groups excluding carboxylic acids is 1. The third kappa shape index (κ3) is 3.52. The molecule has 5 nitrogen and oxygen atoms in total. The molecule has 0 bridgehead atoms. The van der Waals surface area contributed by atoms with Crippen LogP contribution in [0.25, 0.3) is 0 Å². The van der Waals surface area contributed by atoms with E-state index in [1.165, 1.54) is 20.3 Å². The van der Waals surface area contributed by atoms with E-state index >= 15 is 0 Å². The molecule has 0 amide bonds. The van der Waals surface area contributed by atoms with Crippen molar-refractivity contribution in [3.05, 3.63) is 29.3 Å². The summed E-state index contributed by atoms with van der Waals surface area (Å²) in [5.41, 5.74) is 0.865. The Morgan fingerprint density at radius 2 is 2.06 bits per heavy atom. The smallest absolute Gasteiger partial charge is 0.337 e. The number of carboxylic acids is 1. The summed E-state index contributed by atoms with van der Waals surface area (Å²) in [4.78, 5) is 21.6. The van der Waals surface area contributed by atoms with Crippen molar-refractivity contribution in [3.8, 4) is 17.6 Å². The molecule has 0 fully saturated rings. The molecule has 94 valence electrons. The first kappa shape index (κ1) is 13.6. The number of hydrogen-bond acceptors (Lipinski definition) is 4. The third-order valence-corrected chi connectivity index (χ3v) is 2.09. The van der Waals surface area contributed by atoms with Crippen molar-refractivity contribution in [1.29, 1.82) is 0 Å². The Kier molecular flexibility index (Phi) is 4.76. The number of rotatable bonds is 3. The van der Waals surface area contributed by atoms with Crippen LogP contribution in [0.3, 0.4) is 0 Å². The summed E-state index contributed by atoms with van der Waals surface area (Å²) in [7, 11) is 2.73. The zero-order chi connectivity index (χ0) is 13.5. The SMILES string of the molecule is COC(=O)c1ccc(C#CCC(=O)O)c(OC)c1. The van der Waals surface area contributed by atoms with Gasteiger partial charge in [-0.2, -0.15) is 0 Å². The normalized spacial score (nSPS) is 9.00. The van der Waals surface area contributed by atoms with E-state index in [0.717, 1.165) is 0 Å². The Bertz CT molecular complexity index is 522. The molecule has 0 unspecified atom stereocenters. The highest BCUT2D eigenvalue weighted by Gasteiger charge is 2.09. The summed E-state index contributed by atoms with van der Waals surface area (Å²) in [5, 5.41) is 8.47. The molecule has 1 aromatic rings. The second-order valence-corrected chi connectivity index (χ2v) is 3.28. The maximum Gasteiger partial charge on any atom is 0.337 e. The first-order valence-corrected chi connectivity index (χ1v) is 5.05. The molecule has 0 aliphatic heterocycles. The van der Waals surface area contributed by atoms with Gasteiger partial charge in [-0.25, -0.2) is 4.79 Å². The zero-order valence-electron chi connectivity index (χ0n) is 10.0. The van der Waals surface area contributed by atoms with Crippen LogP contribution in [0.2, 0.25) is 0 Å². The van der Waals surface area contributed by atoms with Crippen molar-refractivity contribution in [2.45, 2.75) is 6.42 Å². The number of esters is 1. The molecule has 0 aliphatic rings. The number of aliphatic carboxylic acids is 1. The third-order valence-electron chi connectivity index (χ3n) is 2.09. The number of carboxylic acid groups (broad SMARTS) is 1. The standard InChI is InChI=1S/C13H12O5/c1-17-11-8-10(13(16)18-2)7-6-9(11)4-3-5-12(14)15/h6-8H,5H2,1-2H3,(H,14,15). The molecular formula is C13H12O5. The Morgan fingerprint density at radius 1 is 1.33 bits per heavy atom. The van der Waals surface area contributed by atoms with Crippen LogP contribution in [0.1, 0.15) is 22.3 Å². The highest BCUT2D eigenvalue weighted by atomic mass is 16.5. The van der Waals surface area contributed by atoms with Gasteiger partial charge < -0.3 is 14.6 Å². The number of carbonyl (C=O) groups is 2. The van der Waals surface area contributed by atoms with Crippen LogP contribution in [0.5, 0.6) is 5.75 Å². The summed E-state index contributed by atoms with van der Waals surface area (Å²) in [6, 6.07) is 4.62. The molecule has 0 aliphatic carbocycles. The Morgan fingerprint density at radius 3 is 2.61 bits per heavy atom. The van der Waals surface area contributed by atoms with Crippen LogP contribution in [0.15, 0.2) is 18.2 Å². The largest absolute Gasteiger partial charge is 0.495 e. The quantitative estimate of drug-likeness (QED) is 0.645. The lowest BCUT2D eigenvalue weighted by Crippen LogP contribution is -2.02. The monoisotopic (exact) mass is 248 g/mol. The van der Waals surface area contributed by atoms with Gasteiger partial charge in [0.1, 0.15) is 12.2 Å². The van der Waals surface area contributed by atoms with Crippen molar-refractivity contribution in [1.82, 2.24) is 0 Å². The van der Waals surface area contributed by atoms with E-state index in [9.17, 15) is 9.59 Å². The molecule has 0 heterocycles. The zero-order valence-corrected chi connectivity index (χ0v) is 10.0. The van der Waals surface area contributed by atoms with Crippen molar-refractivity contribution >= 4 is 11.9 Å². The first-order chi connectivity index (χ1) is 8.58. The van der Waals surface area contributed by atoms with Crippen LogP contribution in [0, 0.1) is 11.8 Å². The van der Waals surface area contributed by atoms with Gasteiger partial charge >= 0.3 is 11.9 Å². The maximum absolute atomic E-state index is 11.3. The molecule has 0 saturated heterocycles. The van der Waals surface area contributed by atoms with Gasteiger partial charge in [0, 0.05) is 0 Å². The van der Waals surface area contributed by atoms with Crippen LogP contribution in [0.4, 0.5) is 0 Å². The molecular weight excluding hydrogens is 236 g/mol. The second-order valence-electron chi connectivity index (χ2n) is 3.28. The molecule has 1 rings (SSSR count). The topological polar surface area (TPSA) is 72.8 Å². The van der Waals surface area contributed by atoms with E-state index in [4.69, 9.17) is 9.84 Å². The lowest BCUT2D eigenvalue weighted by atomic mass is 10.1. The summed E-state index contributed by atoms with van der Waals surface area (Å²) >= 11 is 0. The van der Waals surface area contributed by atoms with Crippen molar-refractivity contribution in [2.75, 3.05) is 14.2 Å². The van der Waals surface area contributed by atoms with Gasteiger partial charge in [-0.05, 0) is 18.2 Å². The van der Waals surface area contributed by atoms with E-state index in [1.807, 2.05) is 0 Å². The Balaban J connectivity index is 3.02. The van der Waals surface area contributed by atoms with E-state index in [1.54, 1.807) is 12.1 Å². The first-order valence-electron chi connectivity index (χ1n) is 5.05. The predicted molar refractivity (Wildman–Crippen MR) is 63.5 cm³/mol. The highest BCUT2D eigenvalue weighted by molar-refractivity contribution is 5.90. The number of hydrogen-bond donors (Lipinski definition) is 1. The number of methoxy groups -OCH3 is 2. The van der Waals surface area contributed by atoms with Crippen LogP contribution < -0.4 is 4.74 Å². The summed E-state index contributed by atoms with van der Waals surface area (Å²) in [6.45, 7) is 0. The van der Waals surface area contributed by atoms with Crippen molar-refractivity contribution in [3.63, 3.8) is 0 Å². The molecule has 0 atom stereocenters. The fourth-order valence-electron chi connectivity index (χ4n) is 1.25. The number of ether oxygens (including phenoxy) is 2. The van der Waals surface area contributed by atoms with Gasteiger partial charge in [0.2, 0.25) is 0 Å². The van der Waals surface area contributed by atoms with Gasteiger partial charge in [-0.15, -0.1) is 0 Å². The van der Waals surface area contributed by atoms with Crippen LogP contribution >= 0.6 is 0 Å². The van der Waals surface area contributed by atoms with Crippen LogP contribution in [-0.2, 0) is 9.53 Å². The minimum Gasteiger partial charge on any atom is -0.495 e.